The summed E-state index contributed by atoms with van der Waals surface area (Å²) in [6.45, 7) is 6.73. The molecule has 0 bridgehead atoms. The van der Waals surface area contributed by atoms with Crippen molar-refractivity contribution in [3.8, 4) is 0 Å². The van der Waals surface area contributed by atoms with Crippen molar-refractivity contribution >= 4 is 23.3 Å². The number of rotatable bonds is 5. The first kappa shape index (κ1) is 23.7. The summed E-state index contributed by atoms with van der Waals surface area (Å²) in [4.78, 5) is 40.5. The molecular weight excluding hydrogens is 413 g/mol. The molecule has 0 atom stereocenters. The van der Waals surface area contributed by atoms with Gasteiger partial charge in [-0.05, 0) is 82.7 Å². The van der Waals surface area contributed by atoms with Crippen LogP contribution >= 0.6 is 0 Å². The van der Waals surface area contributed by atoms with E-state index in [0.29, 0.717) is 48.2 Å². The van der Waals surface area contributed by atoms with Crippen molar-refractivity contribution < 1.29 is 23.9 Å². The molecular formula is C24H30FN3O4. The minimum atomic E-state index is -0.769. The number of amides is 2. The maximum absolute atomic E-state index is 14.0. The van der Waals surface area contributed by atoms with E-state index >= 15 is 0 Å². The highest BCUT2D eigenvalue weighted by Gasteiger charge is 2.43. The number of nitrogens with zero attached hydrogens (tertiary/aromatic N) is 2. The average molecular weight is 444 g/mol. The van der Waals surface area contributed by atoms with Gasteiger partial charge in [-0.2, -0.15) is 0 Å². The normalized spacial score (nSPS) is 20.8. The lowest BCUT2D eigenvalue weighted by Crippen LogP contribution is -2.55. The van der Waals surface area contributed by atoms with Gasteiger partial charge in [-0.1, -0.05) is 0 Å². The lowest BCUT2D eigenvalue weighted by atomic mass is 9.79. The molecule has 1 saturated carbocycles. The number of carbonyl (C=O) groups excluding carboxylic acids is 3. The van der Waals surface area contributed by atoms with E-state index in [1.807, 2.05) is 6.92 Å². The summed E-state index contributed by atoms with van der Waals surface area (Å²) in [7, 11) is 1.61. The van der Waals surface area contributed by atoms with E-state index in [2.05, 4.69) is 0 Å². The average Bonchev–Trinajstić information content (AvgIpc) is 2.95. The predicted molar refractivity (Wildman–Crippen MR) is 119 cm³/mol. The quantitative estimate of drug-likeness (QED) is 0.547. The molecule has 8 heteroatoms. The number of aryl methyl sites for hydroxylation is 1. The van der Waals surface area contributed by atoms with Gasteiger partial charge in [0.05, 0.1) is 17.4 Å². The first-order valence-corrected chi connectivity index (χ1v) is 10.7. The lowest BCUT2D eigenvalue weighted by Gasteiger charge is -2.44. The van der Waals surface area contributed by atoms with Gasteiger partial charge in [-0.3, -0.25) is 19.3 Å². The van der Waals surface area contributed by atoms with E-state index in [4.69, 9.17) is 5.73 Å². The Morgan fingerprint density at radius 1 is 1.19 bits per heavy atom. The van der Waals surface area contributed by atoms with Crippen LogP contribution in [0.15, 0.2) is 18.2 Å². The minimum absolute atomic E-state index is 0.101. The summed E-state index contributed by atoms with van der Waals surface area (Å²) >= 11 is 0. The molecule has 1 aromatic carbocycles. The largest absolute Gasteiger partial charge is 0.393 e. The molecule has 7 nitrogen and oxygen atoms in total. The summed E-state index contributed by atoms with van der Waals surface area (Å²) in [5.41, 5.74) is 6.70. The van der Waals surface area contributed by atoms with E-state index in [-0.39, 0.29) is 11.3 Å². The van der Waals surface area contributed by atoms with Crippen molar-refractivity contribution in [2.24, 2.45) is 12.8 Å². The van der Waals surface area contributed by atoms with Gasteiger partial charge >= 0.3 is 5.91 Å². The van der Waals surface area contributed by atoms with Crippen LogP contribution < -0.4 is 10.6 Å². The molecule has 2 amide bonds. The second-order valence-corrected chi connectivity index (χ2v) is 8.99. The zero-order valence-corrected chi connectivity index (χ0v) is 19.2. The monoisotopic (exact) mass is 443 g/mol. The number of benzene rings is 1. The number of aliphatic hydroxyl groups excluding tert-OH is 1. The van der Waals surface area contributed by atoms with E-state index in [1.165, 1.54) is 21.6 Å². The number of hydrogen-bond acceptors (Lipinski definition) is 4. The molecule has 1 aliphatic carbocycles. The highest BCUT2D eigenvalue weighted by atomic mass is 19.1. The Labute approximate surface area is 187 Å². The van der Waals surface area contributed by atoms with Crippen molar-refractivity contribution in [1.29, 1.82) is 0 Å². The van der Waals surface area contributed by atoms with Gasteiger partial charge in [0.15, 0.2) is 0 Å². The number of carbonyl (C=O) groups is 3. The molecule has 1 aliphatic rings. The first-order chi connectivity index (χ1) is 14.9. The molecule has 1 heterocycles. The summed E-state index contributed by atoms with van der Waals surface area (Å²) in [5.74, 6) is -2.61. The van der Waals surface area contributed by atoms with Gasteiger partial charge < -0.3 is 15.4 Å². The van der Waals surface area contributed by atoms with Crippen molar-refractivity contribution in [2.75, 3.05) is 4.90 Å². The van der Waals surface area contributed by atoms with E-state index in [0.717, 1.165) is 0 Å². The highest BCUT2D eigenvalue weighted by molar-refractivity contribution is 6.47. The third-order valence-electron chi connectivity index (χ3n) is 6.76. The van der Waals surface area contributed by atoms with Gasteiger partial charge in [-0.15, -0.1) is 0 Å². The van der Waals surface area contributed by atoms with E-state index in [1.54, 1.807) is 33.9 Å². The number of primary amides is 1. The minimum Gasteiger partial charge on any atom is -0.393 e. The third-order valence-corrected chi connectivity index (χ3v) is 6.76. The fraction of sp³-hybridized carbons (Fsp3) is 0.458. The van der Waals surface area contributed by atoms with Crippen molar-refractivity contribution in [1.82, 2.24) is 4.57 Å². The standard InChI is InChI=1S/C24H30FN3O4/c1-13-12-16(6-7-18(13)25)28(24(4)10-8-17(29)9-11-24)23(32)21(30)20-14(2)19(22(26)31)15(3)27(20)5/h6-7,12,17,29H,8-11H2,1-5H3,(H2,26,31). The Kier molecular flexibility index (Phi) is 6.29. The molecule has 0 unspecified atom stereocenters. The van der Waals surface area contributed by atoms with Crippen LogP contribution in [0.25, 0.3) is 0 Å². The van der Waals surface area contributed by atoms with Gasteiger partial charge in [0.1, 0.15) is 5.82 Å². The Morgan fingerprint density at radius 3 is 2.28 bits per heavy atom. The van der Waals surface area contributed by atoms with Crippen LogP contribution in [0.1, 0.15) is 70.3 Å². The van der Waals surface area contributed by atoms with Crippen LogP contribution in [0.2, 0.25) is 0 Å². The van der Waals surface area contributed by atoms with Crippen LogP contribution in [-0.2, 0) is 11.8 Å². The van der Waals surface area contributed by atoms with Crippen molar-refractivity contribution in [3.63, 3.8) is 0 Å². The first-order valence-electron chi connectivity index (χ1n) is 10.7. The van der Waals surface area contributed by atoms with E-state index in [9.17, 15) is 23.9 Å². The summed E-state index contributed by atoms with van der Waals surface area (Å²) in [5, 5.41) is 9.99. The number of aliphatic hydroxyl groups is 1. The summed E-state index contributed by atoms with van der Waals surface area (Å²) < 4.78 is 15.5. The maximum Gasteiger partial charge on any atom is 0.301 e. The fourth-order valence-electron chi connectivity index (χ4n) is 4.76. The Balaban J connectivity index is 2.12. The highest BCUT2D eigenvalue weighted by Crippen LogP contribution is 2.38. The second kappa shape index (κ2) is 8.50. The lowest BCUT2D eigenvalue weighted by molar-refractivity contribution is -0.116. The molecule has 0 aliphatic heterocycles. The number of halogens is 1. The second-order valence-electron chi connectivity index (χ2n) is 8.99. The number of anilines is 1. The van der Waals surface area contributed by atoms with Gasteiger partial charge in [0, 0.05) is 24.0 Å². The molecule has 0 spiro atoms. The molecule has 172 valence electrons. The smallest absolute Gasteiger partial charge is 0.301 e. The number of Topliss-reactive ketones (excluding diaryl/α,β-unsaturated/α-hetero) is 1. The van der Waals surface area contributed by atoms with Crippen LogP contribution in [0.5, 0.6) is 0 Å². The number of hydrogen-bond donors (Lipinski definition) is 2. The van der Waals surface area contributed by atoms with Crippen LogP contribution in [-0.4, -0.2) is 38.9 Å². The van der Waals surface area contributed by atoms with Crippen molar-refractivity contribution in [2.45, 2.75) is 65.0 Å². The summed E-state index contributed by atoms with van der Waals surface area (Å²) in [6, 6.07) is 4.32. The third kappa shape index (κ3) is 3.95. The fourth-order valence-corrected chi connectivity index (χ4v) is 4.76. The zero-order chi connectivity index (χ0) is 24.0. The van der Waals surface area contributed by atoms with Gasteiger partial charge in [0.25, 0.3) is 11.7 Å². The Morgan fingerprint density at radius 2 is 1.78 bits per heavy atom. The molecule has 1 fully saturated rings. The molecule has 2 aromatic rings. The zero-order valence-electron chi connectivity index (χ0n) is 19.2. The SMILES string of the molecule is Cc1cc(N(C(=O)C(=O)c2c(C)c(C(N)=O)c(C)n2C)C2(C)CCC(O)CC2)ccc1F. The van der Waals surface area contributed by atoms with Crippen LogP contribution in [0, 0.1) is 26.6 Å². The number of aromatic nitrogens is 1. The van der Waals surface area contributed by atoms with E-state index < -0.39 is 35.1 Å². The topological polar surface area (TPSA) is 106 Å². The van der Waals surface area contributed by atoms with Crippen molar-refractivity contribution in [3.05, 3.63) is 52.1 Å². The van der Waals surface area contributed by atoms with Crippen LogP contribution in [0.4, 0.5) is 10.1 Å². The molecule has 0 radical (unpaired) electrons. The van der Waals surface area contributed by atoms with Crippen LogP contribution in [0.3, 0.4) is 0 Å². The Hall–Kier alpha value is -3.00. The molecule has 3 N–H and O–H groups in total. The molecule has 1 aromatic heterocycles. The number of nitrogens with two attached hydrogens (primary N) is 1. The molecule has 0 saturated heterocycles. The maximum atomic E-state index is 14.0. The number of ketones is 1. The molecule has 32 heavy (non-hydrogen) atoms. The molecule has 3 rings (SSSR count). The predicted octanol–water partition coefficient (Wildman–Crippen LogP) is 3.10. The Bertz CT molecular complexity index is 1100. The summed E-state index contributed by atoms with van der Waals surface area (Å²) in [6.07, 6.45) is 1.50. The van der Waals surface area contributed by atoms with Gasteiger partial charge in [0.2, 0.25) is 0 Å². The van der Waals surface area contributed by atoms with Gasteiger partial charge in [-0.25, -0.2) is 4.39 Å².